The van der Waals surface area contributed by atoms with E-state index in [2.05, 4.69) is 31.0 Å². The van der Waals surface area contributed by atoms with Gasteiger partial charge in [0.1, 0.15) is 11.4 Å². The van der Waals surface area contributed by atoms with Gasteiger partial charge in [0.15, 0.2) is 0 Å². The Morgan fingerprint density at radius 2 is 2.10 bits per heavy atom. The predicted molar refractivity (Wildman–Crippen MR) is 91.9 cm³/mol. The van der Waals surface area contributed by atoms with Gasteiger partial charge >= 0.3 is 0 Å². The molecule has 2 aromatic rings. The van der Waals surface area contributed by atoms with Gasteiger partial charge in [-0.15, -0.1) is 0 Å². The first-order valence-electron chi connectivity index (χ1n) is 6.08. The molecule has 0 atom stereocenters. The van der Waals surface area contributed by atoms with Crippen LogP contribution in [0.1, 0.15) is 0 Å². The number of para-hydroxylation sites is 1. The number of nitrogens with zero attached hydrogens (tertiary/aromatic N) is 1. The van der Waals surface area contributed by atoms with Crippen LogP contribution in [0.25, 0.3) is 0 Å². The monoisotopic (exact) mass is 383 g/mol. The van der Waals surface area contributed by atoms with Gasteiger partial charge in [0.05, 0.1) is 21.5 Å². The molecule has 0 bridgehead atoms. The van der Waals surface area contributed by atoms with Crippen LogP contribution in [0.3, 0.4) is 0 Å². The number of benzene rings is 2. The van der Waals surface area contributed by atoms with Crippen molar-refractivity contribution in [1.82, 2.24) is 4.72 Å². The largest absolute Gasteiger partial charge is 0.494 e. The maximum absolute atomic E-state index is 6.16. The first-order valence-corrected chi connectivity index (χ1v) is 8.07. The molecular formula is C14H11BrClN3OS. The van der Waals surface area contributed by atoms with E-state index in [9.17, 15) is 0 Å². The summed E-state index contributed by atoms with van der Waals surface area (Å²) in [6.07, 6.45) is 0. The number of rotatable bonds is 2. The molecule has 0 aliphatic carbocycles. The Kier molecular flexibility index (Phi) is 4.28. The number of methoxy groups -OCH3 is 1. The molecule has 108 valence electrons. The van der Waals surface area contributed by atoms with Crippen LogP contribution >= 0.6 is 39.5 Å². The predicted octanol–water partition coefficient (Wildman–Crippen LogP) is 4.82. The Balaban J connectivity index is 1.99. The number of fused-ring (bicyclic) bond motifs is 1. The molecule has 0 saturated carbocycles. The second-order valence-corrected chi connectivity index (χ2v) is 6.22. The molecule has 0 saturated heterocycles. The third-order valence-corrected chi connectivity index (χ3v) is 5.35. The van der Waals surface area contributed by atoms with E-state index in [4.69, 9.17) is 16.3 Å². The summed E-state index contributed by atoms with van der Waals surface area (Å²) in [6.45, 7) is 0. The van der Waals surface area contributed by atoms with Crippen LogP contribution in [0, 0.1) is 0 Å². The highest BCUT2D eigenvalue weighted by atomic mass is 79.9. The SMILES string of the molecule is COc1cc(Cl)c(Br)c2c1N=C(Nc1ccccc1)NS2. The lowest BCUT2D eigenvalue weighted by Gasteiger charge is -2.21. The molecular weight excluding hydrogens is 374 g/mol. The molecule has 1 heterocycles. The molecule has 0 fully saturated rings. The first kappa shape index (κ1) is 14.6. The number of guanidine groups is 1. The van der Waals surface area contributed by atoms with E-state index in [1.165, 1.54) is 11.9 Å². The lowest BCUT2D eigenvalue weighted by Crippen LogP contribution is -2.27. The highest BCUT2D eigenvalue weighted by Gasteiger charge is 2.22. The lowest BCUT2D eigenvalue weighted by atomic mass is 10.3. The topological polar surface area (TPSA) is 45.6 Å². The maximum atomic E-state index is 6.16. The standard InChI is InChI=1S/C14H11BrClN3OS/c1-20-10-7-9(16)11(15)13-12(10)18-14(19-21-13)17-8-5-3-2-4-6-8/h2-7H,1H3,(H2,17,18,19). The molecule has 0 radical (unpaired) electrons. The lowest BCUT2D eigenvalue weighted by molar-refractivity contribution is 0.415. The summed E-state index contributed by atoms with van der Waals surface area (Å²) in [5, 5.41) is 3.81. The zero-order chi connectivity index (χ0) is 14.8. The molecule has 4 nitrogen and oxygen atoms in total. The van der Waals surface area contributed by atoms with E-state index < -0.39 is 0 Å². The van der Waals surface area contributed by atoms with Crippen molar-refractivity contribution in [2.24, 2.45) is 4.99 Å². The van der Waals surface area contributed by atoms with Crippen molar-refractivity contribution < 1.29 is 4.74 Å². The van der Waals surface area contributed by atoms with Gasteiger partial charge in [0, 0.05) is 11.8 Å². The highest BCUT2D eigenvalue weighted by molar-refractivity contribution is 9.10. The molecule has 1 aliphatic rings. The molecule has 7 heteroatoms. The normalized spacial score (nSPS) is 13.0. The number of aliphatic imine (C=N–C) groups is 1. The summed E-state index contributed by atoms with van der Waals surface area (Å²) in [6, 6.07) is 11.6. The quantitative estimate of drug-likeness (QED) is 0.729. The van der Waals surface area contributed by atoms with Crippen molar-refractivity contribution in [3.8, 4) is 5.75 Å². The van der Waals surface area contributed by atoms with Crippen molar-refractivity contribution in [2.45, 2.75) is 4.90 Å². The van der Waals surface area contributed by atoms with Crippen LogP contribution in [0.2, 0.25) is 5.02 Å². The molecule has 0 spiro atoms. The van der Waals surface area contributed by atoms with Crippen LogP contribution in [0.5, 0.6) is 5.75 Å². The van der Waals surface area contributed by atoms with Crippen LogP contribution < -0.4 is 14.8 Å². The fraction of sp³-hybridized carbons (Fsp3) is 0.0714. The van der Waals surface area contributed by atoms with Crippen LogP contribution in [-0.4, -0.2) is 13.1 Å². The molecule has 0 unspecified atom stereocenters. The van der Waals surface area contributed by atoms with Gasteiger partial charge in [0.2, 0.25) is 5.96 Å². The maximum Gasteiger partial charge on any atom is 0.211 e. The molecule has 2 N–H and O–H groups in total. The summed E-state index contributed by atoms with van der Waals surface area (Å²) in [7, 11) is 1.60. The first-order chi connectivity index (χ1) is 10.2. The summed E-state index contributed by atoms with van der Waals surface area (Å²) in [5.74, 6) is 1.28. The average molecular weight is 385 g/mol. The molecule has 0 amide bonds. The zero-order valence-electron chi connectivity index (χ0n) is 11.0. The molecule has 3 rings (SSSR count). The van der Waals surface area contributed by atoms with Gasteiger partial charge in [-0.3, -0.25) is 4.72 Å². The molecule has 1 aliphatic heterocycles. The minimum absolute atomic E-state index is 0.592. The fourth-order valence-electron chi connectivity index (χ4n) is 1.87. The second kappa shape index (κ2) is 6.17. The van der Waals surface area contributed by atoms with Gasteiger partial charge in [-0.1, -0.05) is 29.8 Å². The van der Waals surface area contributed by atoms with Crippen LogP contribution in [0.15, 0.2) is 50.8 Å². The Bertz CT molecular complexity index is 709. The number of ether oxygens (including phenoxy) is 1. The number of hydrogen-bond donors (Lipinski definition) is 2. The molecule has 2 aromatic carbocycles. The summed E-state index contributed by atoms with van der Waals surface area (Å²) < 4.78 is 9.33. The third-order valence-electron chi connectivity index (χ3n) is 2.85. The van der Waals surface area contributed by atoms with E-state index >= 15 is 0 Å². The second-order valence-electron chi connectivity index (χ2n) is 4.21. The Hall–Kier alpha value is -1.37. The van der Waals surface area contributed by atoms with E-state index in [-0.39, 0.29) is 0 Å². The van der Waals surface area contributed by atoms with E-state index in [1.54, 1.807) is 13.2 Å². The number of nitrogens with one attached hydrogen (secondary N) is 2. The average Bonchev–Trinajstić information content (AvgIpc) is 2.52. The van der Waals surface area contributed by atoms with Crippen molar-refractivity contribution in [2.75, 3.05) is 12.4 Å². The Morgan fingerprint density at radius 3 is 2.81 bits per heavy atom. The van der Waals surface area contributed by atoms with E-state index in [1.807, 2.05) is 30.3 Å². The van der Waals surface area contributed by atoms with E-state index in [0.29, 0.717) is 16.7 Å². The Morgan fingerprint density at radius 1 is 1.33 bits per heavy atom. The zero-order valence-corrected chi connectivity index (χ0v) is 14.1. The van der Waals surface area contributed by atoms with Crippen molar-refractivity contribution in [3.05, 3.63) is 45.9 Å². The Labute approximate surface area is 140 Å². The van der Waals surface area contributed by atoms with Crippen molar-refractivity contribution in [3.63, 3.8) is 0 Å². The van der Waals surface area contributed by atoms with Crippen molar-refractivity contribution in [1.29, 1.82) is 0 Å². The van der Waals surface area contributed by atoms with Gasteiger partial charge in [0.25, 0.3) is 0 Å². The van der Waals surface area contributed by atoms with Gasteiger partial charge < -0.3 is 10.1 Å². The number of anilines is 1. The molecule has 21 heavy (non-hydrogen) atoms. The minimum atomic E-state index is 0.592. The van der Waals surface area contributed by atoms with E-state index in [0.717, 1.165) is 20.7 Å². The smallest absolute Gasteiger partial charge is 0.211 e. The third kappa shape index (κ3) is 2.97. The number of hydrogen-bond acceptors (Lipinski definition) is 5. The number of halogens is 2. The minimum Gasteiger partial charge on any atom is -0.494 e. The van der Waals surface area contributed by atoms with Gasteiger partial charge in [-0.2, -0.15) is 0 Å². The fourth-order valence-corrected chi connectivity index (χ4v) is 3.40. The molecule has 0 aromatic heterocycles. The van der Waals surface area contributed by atoms with Gasteiger partial charge in [-0.05, 0) is 40.0 Å². The highest BCUT2D eigenvalue weighted by Crippen LogP contribution is 2.47. The van der Waals surface area contributed by atoms with Crippen LogP contribution in [0.4, 0.5) is 11.4 Å². The summed E-state index contributed by atoms with van der Waals surface area (Å²) in [4.78, 5) is 5.47. The van der Waals surface area contributed by atoms with Crippen molar-refractivity contribution >= 4 is 56.8 Å². The van der Waals surface area contributed by atoms with Crippen LogP contribution in [-0.2, 0) is 0 Å². The van der Waals surface area contributed by atoms with Gasteiger partial charge in [-0.25, -0.2) is 4.99 Å². The summed E-state index contributed by atoms with van der Waals surface area (Å²) >= 11 is 11.1. The summed E-state index contributed by atoms with van der Waals surface area (Å²) in [5.41, 5.74) is 1.70.